The lowest BCUT2D eigenvalue weighted by molar-refractivity contribution is -0.127. The molecule has 0 unspecified atom stereocenters. The van der Waals surface area contributed by atoms with E-state index >= 15 is 0 Å². The molecule has 0 spiro atoms. The topological polar surface area (TPSA) is 17.8 Å². The van der Waals surface area contributed by atoms with Gasteiger partial charge >= 0.3 is 6.18 Å². The van der Waals surface area contributed by atoms with E-state index in [4.69, 9.17) is 0 Å². The van der Waals surface area contributed by atoms with Crippen molar-refractivity contribution >= 4 is 0 Å². The monoisotopic (exact) mass is 164 g/mol. The average molecular weight is 164 g/mol. The lowest BCUT2D eigenvalue weighted by Gasteiger charge is -2.01. The van der Waals surface area contributed by atoms with Crippen LogP contribution in [0.1, 0.15) is 5.69 Å². The molecule has 0 aliphatic heterocycles. The molecule has 2 nitrogen and oxygen atoms in total. The number of aryl methyl sites for hydroxylation is 1. The Morgan fingerprint density at radius 1 is 1.55 bits per heavy atom. The van der Waals surface area contributed by atoms with Gasteiger partial charge in [0.2, 0.25) is 0 Å². The summed E-state index contributed by atoms with van der Waals surface area (Å²) in [5, 5.41) is 3.59. The van der Waals surface area contributed by atoms with Crippen molar-refractivity contribution in [1.29, 1.82) is 0 Å². The van der Waals surface area contributed by atoms with E-state index in [1.54, 1.807) is 7.05 Å². The molecule has 0 saturated carbocycles. The maximum absolute atomic E-state index is 11.7. The highest BCUT2D eigenvalue weighted by Crippen LogP contribution is 2.19. The molecule has 1 aromatic heterocycles. The first-order valence-electron chi connectivity index (χ1n) is 3.03. The predicted molar refractivity (Wildman–Crippen MR) is 33.0 cm³/mol. The van der Waals surface area contributed by atoms with Gasteiger partial charge in [-0.05, 0) is 6.07 Å². The van der Waals surface area contributed by atoms with Crippen molar-refractivity contribution in [1.82, 2.24) is 9.78 Å². The number of aromatic nitrogens is 2. The minimum Gasteiger partial charge on any atom is -0.276 e. The average Bonchev–Trinajstić information content (AvgIpc) is 2.10. The number of hydrogen-bond donors (Lipinski definition) is 0. The fourth-order valence-corrected chi connectivity index (χ4v) is 0.763. The van der Waals surface area contributed by atoms with Crippen LogP contribution in [0.25, 0.3) is 0 Å². The smallest absolute Gasteiger partial charge is 0.276 e. The highest BCUT2D eigenvalue weighted by molar-refractivity contribution is 5.00. The molecule has 11 heavy (non-hydrogen) atoms. The maximum Gasteiger partial charge on any atom is 0.394 e. The van der Waals surface area contributed by atoms with Crippen LogP contribution in [0, 0.1) is 0 Å². The summed E-state index contributed by atoms with van der Waals surface area (Å²) in [6.07, 6.45) is -3.62. The lowest BCUT2D eigenvalue weighted by Crippen LogP contribution is -2.12. The van der Waals surface area contributed by atoms with E-state index in [1.807, 2.05) is 0 Å². The van der Waals surface area contributed by atoms with E-state index < -0.39 is 12.6 Å². The maximum atomic E-state index is 11.7. The first-order valence-corrected chi connectivity index (χ1v) is 3.03. The Balaban J connectivity index is 2.65. The quantitative estimate of drug-likeness (QED) is 0.615. The van der Waals surface area contributed by atoms with Crippen LogP contribution in [0.15, 0.2) is 12.3 Å². The number of nitrogens with zero attached hydrogens (tertiary/aromatic N) is 2. The molecule has 0 radical (unpaired) electrons. The van der Waals surface area contributed by atoms with Crippen LogP contribution in [0.2, 0.25) is 0 Å². The lowest BCUT2D eigenvalue weighted by atomic mass is 10.3. The van der Waals surface area contributed by atoms with Crippen molar-refractivity contribution in [2.24, 2.45) is 7.05 Å². The second-order valence-corrected chi connectivity index (χ2v) is 2.27. The first-order chi connectivity index (χ1) is 4.97. The van der Waals surface area contributed by atoms with E-state index in [0.717, 1.165) is 0 Å². The van der Waals surface area contributed by atoms with E-state index in [2.05, 4.69) is 5.10 Å². The van der Waals surface area contributed by atoms with E-state index in [1.165, 1.54) is 16.9 Å². The fraction of sp³-hybridized carbons (Fsp3) is 0.500. The molecule has 0 aliphatic rings. The van der Waals surface area contributed by atoms with Gasteiger partial charge in [0, 0.05) is 13.2 Å². The van der Waals surface area contributed by atoms with Gasteiger partial charge in [0.25, 0.3) is 0 Å². The summed E-state index contributed by atoms with van der Waals surface area (Å²) in [6.45, 7) is 0. The minimum atomic E-state index is -4.16. The zero-order valence-electron chi connectivity index (χ0n) is 5.89. The van der Waals surface area contributed by atoms with Crippen molar-refractivity contribution in [3.05, 3.63) is 18.0 Å². The molecular weight excluding hydrogens is 157 g/mol. The predicted octanol–water partition coefficient (Wildman–Crippen LogP) is 1.52. The Kier molecular flexibility index (Phi) is 1.89. The molecule has 0 bridgehead atoms. The van der Waals surface area contributed by atoms with E-state index in [9.17, 15) is 13.2 Å². The number of halogens is 3. The summed E-state index contributed by atoms with van der Waals surface area (Å²) in [4.78, 5) is 0. The first kappa shape index (κ1) is 8.10. The van der Waals surface area contributed by atoms with Crippen LogP contribution >= 0.6 is 0 Å². The summed E-state index contributed by atoms with van der Waals surface area (Å²) >= 11 is 0. The molecule has 5 heteroatoms. The van der Waals surface area contributed by atoms with Gasteiger partial charge in [0.15, 0.2) is 0 Å². The van der Waals surface area contributed by atoms with Crippen LogP contribution in [0.4, 0.5) is 13.2 Å². The molecular formula is C6H7F3N2. The summed E-state index contributed by atoms with van der Waals surface area (Å²) in [7, 11) is 1.58. The SMILES string of the molecule is Cn1ccc(CC(F)(F)F)n1. The second-order valence-electron chi connectivity index (χ2n) is 2.27. The minimum absolute atomic E-state index is 0.0556. The number of rotatable bonds is 1. The van der Waals surface area contributed by atoms with E-state index in [0.29, 0.717) is 0 Å². The van der Waals surface area contributed by atoms with Gasteiger partial charge < -0.3 is 0 Å². The summed E-state index contributed by atoms with van der Waals surface area (Å²) in [5.41, 5.74) is 0.0556. The molecule has 0 saturated heterocycles. The molecule has 0 aromatic carbocycles. The third-order valence-corrected chi connectivity index (χ3v) is 1.15. The molecule has 0 fully saturated rings. The van der Waals surface area contributed by atoms with Crippen molar-refractivity contribution in [2.45, 2.75) is 12.6 Å². The van der Waals surface area contributed by atoms with Crippen LogP contribution in [0.5, 0.6) is 0 Å². The molecule has 62 valence electrons. The summed E-state index contributed by atoms with van der Waals surface area (Å²) in [5.74, 6) is 0. The zero-order chi connectivity index (χ0) is 8.48. The molecule has 0 aliphatic carbocycles. The second kappa shape index (κ2) is 2.56. The molecule has 1 aromatic rings. The van der Waals surface area contributed by atoms with Crippen LogP contribution in [0.3, 0.4) is 0 Å². The van der Waals surface area contributed by atoms with Gasteiger partial charge in [-0.2, -0.15) is 18.3 Å². The molecule has 0 amide bonds. The normalized spacial score (nSPS) is 12.0. The summed E-state index contributed by atoms with van der Waals surface area (Å²) < 4.78 is 36.5. The van der Waals surface area contributed by atoms with Crippen LogP contribution < -0.4 is 0 Å². The Hall–Kier alpha value is -1.00. The van der Waals surface area contributed by atoms with Gasteiger partial charge in [0.05, 0.1) is 12.1 Å². The standard InChI is InChI=1S/C6H7F3N2/c1-11-3-2-5(10-11)4-6(7,8)9/h2-3H,4H2,1H3. The molecule has 0 N–H and O–H groups in total. The summed E-state index contributed by atoms with van der Waals surface area (Å²) in [6, 6.07) is 1.35. The Morgan fingerprint density at radius 2 is 2.18 bits per heavy atom. The molecule has 1 rings (SSSR count). The Bertz CT molecular complexity index is 238. The Labute approximate surface area is 61.6 Å². The highest BCUT2D eigenvalue weighted by Gasteiger charge is 2.28. The van der Waals surface area contributed by atoms with Crippen molar-refractivity contribution in [2.75, 3.05) is 0 Å². The van der Waals surface area contributed by atoms with Crippen LogP contribution in [-0.4, -0.2) is 16.0 Å². The Morgan fingerprint density at radius 3 is 2.55 bits per heavy atom. The van der Waals surface area contributed by atoms with E-state index in [-0.39, 0.29) is 5.69 Å². The number of alkyl halides is 3. The molecule has 1 heterocycles. The van der Waals surface area contributed by atoms with Gasteiger partial charge in [-0.1, -0.05) is 0 Å². The molecule has 0 atom stereocenters. The van der Waals surface area contributed by atoms with Gasteiger partial charge in [-0.15, -0.1) is 0 Å². The third kappa shape index (κ3) is 2.61. The van der Waals surface area contributed by atoms with Crippen molar-refractivity contribution < 1.29 is 13.2 Å². The van der Waals surface area contributed by atoms with Crippen LogP contribution in [-0.2, 0) is 13.5 Å². The highest BCUT2D eigenvalue weighted by atomic mass is 19.4. The van der Waals surface area contributed by atoms with Gasteiger partial charge in [0.1, 0.15) is 0 Å². The number of hydrogen-bond acceptors (Lipinski definition) is 1. The zero-order valence-corrected chi connectivity index (χ0v) is 5.89. The third-order valence-electron chi connectivity index (χ3n) is 1.15. The van der Waals surface area contributed by atoms with Gasteiger partial charge in [-0.25, -0.2) is 0 Å². The largest absolute Gasteiger partial charge is 0.394 e. The fourth-order valence-electron chi connectivity index (χ4n) is 0.763. The van der Waals surface area contributed by atoms with Crippen molar-refractivity contribution in [3.63, 3.8) is 0 Å². The van der Waals surface area contributed by atoms with Gasteiger partial charge in [-0.3, -0.25) is 4.68 Å². The van der Waals surface area contributed by atoms with Crippen molar-refractivity contribution in [3.8, 4) is 0 Å².